The maximum atomic E-state index is 7.26. The lowest BCUT2D eigenvalue weighted by atomic mass is 9.24. The van der Waals surface area contributed by atoms with Gasteiger partial charge in [-0.1, -0.05) is 126 Å². The van der Waals surface area contributed by atoms with Crippen LogP contribution in [0.3, 0.4) is 0 Å². The molecule has 3 aliphatic rings. The highest BCUT2D eigenvalue weighted by molar-refractivity contribution is 6.47. The second kappa shape index (κ2) is 6.94. The molecule has 3 rings (SSSR count). The van der Waals surface area contributed by atoms with Gasteiger partial charge >= 0.3 is 0 Å². The number of hydrogen-bond donors (Lipinski definition) is 0. The van der Waals surface area contributed by atoms with Gasteiger partial charge in [0.1, 0.15) is 7.28 Å². The first-order valence-corrected chi connectivity index (χ1v) is 10.2. The molecule has 3 radical (unpaired) electrons. The van der Waals surface area contributed by atoms with Crippen LogP contribution in [0.4, 0.5) is 0 Å². The normalized spacial score (nSPS) is 40.2. The summed E-state index contributed by atoms with van der Waals surface area (Å²) in [7, 11) is 10.1. The molecular formula is C20H35B2. The molecule has 0 aromatic heterocycles. The van der Waals surface area contributed by atoms with Crippen molar-refractivity contribution >= 4 is 15.1 Å². The van der Waals surface area contributed by atoms with E-state index >= 15 is 0 Å². The zero-order valence-corrected chi connectivity index (χ0v) is 15.0. The van der Waals surface area contributed by atoms with E-state index in [1.165, 1.54) is 103 Å². The van der Waals surface area contributed by atoms with Crippen molar-refractivity contribution in [1.29, 1.82) is 0 Å². The fourth-order valence-corrected chi connectivity index (χ4v) is 6.01. The van der Waals surface area contributed by atoms with Gasteiger partial charge in [-0.2, -0.15) is 0 Å². The first-order chi connectivity index (χ1) is 10.6. The Kier molecular flexibility index (Phi) is 5.35. The van der Waals surface area contributed by atoms with Gasteiger partial charge in [0.25, 0.3) is 0 Å². The number of rotatable bonds is 1. The average Bonchev–Trinajstić information content (AvgIpc) is 2.62. The molecule has 22 heavy (non-hydrogen) atoms. The van der Waals surface area contributed by atoms with Crippen molar-refractivity contribution in [2.24, 2.45) is 0 Å². The van der Waals surface area contributed by atoms with E-state index in [2.05, 4.69) is 14.2 Å². The SMILES string of the molecule is [B]C1(C23[B]C(C)(CCCC2)CCC3)CCCCCCCCC1. The third kappa shape index (κ3) is 3.46. The Labute approximate surface area is 141 Å². The smallest absolute Gasteiger partial charge is 0.0675 e. The first kappa shape index (κ1) is 17.0. The van der Waals surface area contributed by atoms with Crippen molar-refractivity contribution in [3.63, 3.8) is 0 Å². The van der Waals surface area contributed by atoms with Gasteiger partial charge in [0.05, 0.1) is 7.85 Å². The van der Waals surface area contributed by atoms with Crippen molar-refractivity contribution in [2.75, 3.05) is 0 Å². The van der Waals surface area contributed by atoms with Gasteiger partial charge in [0.15, 0.2) is 0 Å². The standard InChI is InChI=1S/C20H35B2/c1-18-12-9-10-16-20(22-18,17-11-13-18)19(21)14-7-5-3-2-4-6-8-15-19/h2-17H2,1H3. The quantitative estimate of drug-likeness (QED) is 0.476. The maximum absolute atomic E-state index is 7.26. The van der Waals surface area contributed by atoms with Crippen molar-refractivity contribution in [1.82, 2.24) is 0 Å². The lowest BCUT2D eigenvalue weighted by Gasteiger charge is -2.56. The summed E-state index contributed by atoms with van der Waals surface area (Å²) in [6, 6.07) is 0. The van der Waals surface area contributed by atoms with Gasteiger partial charge in [-0.3, -0.25) is 0 Å². The molecule has 0 aromatic carbocycles. The summed E-state index contributed by atoms with van der Waals surface area (Å²) in [6.07, 6.45) is 22.2. The van der Waals surface area contributed by atoms with Gasteiger partial charge < -0.3 is 0 Å². The summed E-state index contributed by atoms with van der Waals surface area (Å²) in [4.78, 5) is 0. The summed E-state index contributed by atoms with van der Waals surface area (Å²) >= 11 is 0. The number of fused-ring (bicyclic) bond motifs is 2. The summed E-state index contributed by atoms with van der Waals surface area (Å²) < 4.78 is 0. The molecule has 2 bridgehead atoms. The zero-order valence-electron chi connectivity index (χ0n) is 15.0. The first-order valence-electron chi connectivity index (χ1n) is 10.2. The van der Waals surface area contributed by atoms with Crippen LogP contribution in [-0.4, -0.2) is 15.1 Å². The summed E-state index contributed by atoms with van der Waals surface area (Å²) in [5, 5.41) is 0.933. The van der Waals surface area contributed by atoms with Crippen LogP contribution in [0.15, 0.2) is 0 Å². The van der Waals surface area contributed by atoms with E-state index in [-0.39, 0.29) is 5.31 Å². The topological polar surface area (TPSA) is 0 Å². The molecular weight excluding hydrogens is 262 g/mol. The molecule has 2 heteroatoms. The van der Waals surface area contributed by atoms with Crippen LogP contribution in [0.2, 0.25) is 15.9 Å². The Bertz CT molecular complexity index is 357. The van der Waals surface area contributed by atoms with E-state index in [0.29, 0.717) is 10.6 Å². The predicted molar refractivity (Wildman–Crippen MR) is 99.1 cm³/mol. The Balaban J connectivity index is 1.82. The van der Waals surface area contributed by atoms with Crippen molar-refractivity contribution in [3.8, 4) is 0 Å². The Morgan fingerprint density at radius 1 is 0.591 bits per heavy atom. The molecule has 0 amide bonds. The van der Waals surface area contributed by atoms with Crippen molar-refractivity contribution < 1.29 is 0 Å². The molecule has 0 spiro atoms. The lowest BCUT2D eigenvalue weighted by molar-refractivity contribution is 0.254. The highest BCUT2D eigenvalue weighted by atomic mass is 14.5. The monoisotopic (exact) mass is 297 g/mol. The van der Waals surface area contributed by atoms with Crippen molar-refractivity contribution in [2.45, 2.75) is 126 Å². The largest absolute Gasteiger partial charge is 0.125 e. The summed E-state index contributed by atoms with van der Waals surface area (Å²) in [5.41, 5.74) is 0. The Morgan fingerprint density at radius 3 is 1.73 bits per heavy atom. The van der Waals surface area contributed by atoms with E-state index in [4.69, 9.17) is 7.85 Å². The van der Waals surface area contributed by atoms with E-state index in [1.54, 1.807) is 0 Å². The Morgan fingerprint density at radius 2 is 1.05 bits per heavy atom. The maximum Gasteiger partial charge on any atom is 0.125 e. The van der Waals surface area contributed by atoms with E-state index in [9.17, 15) is 0 Å². The second-order valence-corrected chi connectivity index (χ2v) is 9.15. The molecule has 0 nitrogen and oxygen atoms in total. The lowest BCUT2D eigenvalue weighted by Crippen LogP contribution is -2.42. The van der Waals surface area contributed by atoms with E-state index in [0.717, 1.165) is 0 Å². The van der Waals surface area contributed by atoms with Crippen molar-refractivity contribution in [3.05, 3.63) is 0 Å². The molecule has 121 valence electrons. The fourth-order valence-electron chi connectivity index (χ4n) is 6.01. The predicted octanol–water partition coefficient (Wildman–Crippen LogP) is 6.64. The summed E-state index contributed by atoms with van der Waals surface area (Å²) in [6.45, 7) is 2.52. The average molecular weight is 297 g/mol. The van der Waals surface area contributed by atoms with E-state index < -0.39 is 0 Å². The molecule has 2 aliphatic heterocycles. The summed E-state index contributed by atoms with van der Waals surface area (Å²) in [5.74, 6) is 0. The minimum Gasteiger partial charge on any atom is -0.0675 e. The minimum absolute atomic E-state index is 0.0936. The van der Waals surface area contributed by atoms with Crippen LogP contribution in [0, 0.1) is 0 Å². The highest BCUT2D eigenvalue weighted by Gasteiger charge is 2.52. The molecule has 3 fully saturated rings. The molecule has 2 unspecified atom stereocenters. The minimum atomic E-state index is 0.0936. The van der Waals surface area contributed by atoms with E-state index in [1.807, 2.05) is 0 Å². The fraction of sp³-hybridized carbons (Fsp3) is 1.00. The molecule has 2 atom stereocenters. The molecule has 0 N–H and O–H groups in total. The van der Waals surface area contributed by atoms with Crippen LogP contribution in [0.25, 0.3) is 0 Å². The van der Waals surface area contributed by atoms with Gasteiger partial charge in [-0.15, -0.1) is 0 Å². The van der Waals surface area contributed by atoms with Gasteiger partial charge in [0, 0.05) is 0 Å². The zero-order chi connectivity index (χ0) is 15.5. The van der Waals surface area contributed by atoms with Crippen LogP contribution < -0.4 is 0 Å². The van der Waals surface area contributed by atoms with Gasteiger partial charge in [-0.25, -0.2) is 0 Å². The second-order valence-electron chi connectivity index (χ2n) is 9.15. The highest BCUT2D eigenvalue weighted by Crippen LogP contribution is 2.68. The van der Waals surface area contributed by atoms with Gasteiger partial charge in [-0.05, 0) is 0 Å². The van der Waals surface area contributed by atoms with Crippen LogP contribution in [0.5, 0.6) is 0 Å². The number of hydrogen-bond acceptors (Lipinski definition) is 0. The molecule has 1 saturated carbocycles. The Hall–Kier alpha value is 0.130. The third-order valence-corrected chi connectivity index (χ3v) is 7.35. The molecule has 2 heterocycles. The van der Waals surface area contributed by atoms with Crippen LogP contribution in [-0.2, 0) is 0 Å². The molecule has 1 aliphatic carbocycles. The molecule has 2 saturated heterocycles. The third-order valence-electron chi connectivity index (χ3n) is 7.35. The van der Waals surface area contributed by atoms with Gasteiger partial charge in [0.2, 0.25) is 0 Å². The molecule has 0 aromatic rings. The van der Waals surface area contributed by atoms with Crippen LogP contribution in [0.1, 0.15) is 110 Å². The van der Waals surface area contributed by atoms with Crippen LogP contribution >= 0.6 is 0 Å².